The summed E-state index contributed by atoms with van der Waals surface area (Å²) in [4.78, 5) is 18.3. The molecule has 1 heterocycles. The maximum Gasteiger partial charge on any atom is 0.251 e. The molecule has 0 saturated heterocycles. The second-order valence-electron chi connectivity index (χ2n) is 6.25. The molecule has 6 heteroatoms. The van der Waals surface area contributed by atoms with Crippen LogP contribution >= 0.6 is 0 Å². The Balaban J connectivity index is 1.67. The van der Waals surface area contributed by atoms with E-state index in [2.05, 4.69) is 10.3 Å². The fourth-order valence-corrected chi connectivity index (χ4v) is 2.68. The fraction of sp³-hybridized carbons (Fsp3) is 0.200. The standard InChI is InChI=1S/C20H21FN4O/c1-14-22-10-11-25(14)19-9-4-15(12-18(19)21)13-23-20(26)16-5-7-17(8-6-16)24(2)3/h4-12H,13H2,1-3H3,(H,23,26). The first-order chi connectivity index (χ1) is 12.5. The molecule has 1 N–H and O–H groups in total. The summed E-state index contributed by atoms with van der Waals surface area (Å²) in [5.41, 5.74) is 2.73. The van der Waals surface area contributed by atoms with Gasteiger partial charge in [-0.15, -0.1) is 0 Å². The number of hydrogen-bond acceptors (Lipinski definition) is 3. The van der Waals surface area contributed by atoms with Gasteiger partial charge in [0.25, 0.3) is 5.91 Å². The Labute approximate surface area is 152 Å². The van der Waals surface area contributed by atoms with Gasteiger partial charge in [-0.2, -0.15) is 0 Å². The molecule has 0 unspecified atom stereocenters. The summed E-state index contributed by atoms with van der Waals surface area (Å²) < 4.78 is 16.1. The molecule has 134 valence electrons. The summed E-state index contributed by atoms with van der Waals surface area (Å²) in [5, 5.41) is 2.82. The van der Waals surface area contributed by atoms with Crippen molar-refractivity contribution in [3.8, 4) is 5.69 Å². The highest BCUT2D eigenvalue weighted by atomic mass is 19.1. The van der Waals surface area contributed by atoms with Gasteiger partial charge in [0.05, 0.1) is 5.69 Å². The van der Waals surface area contributed by atoms with Crippen LogP contribution in [0.5, 0.6) is 0 Å². The molecule has 1 amide bonds. The number of aryl methyl sites for hydroxylation is 1. The van der Waals surface area contributed by atoms with Gasteiger partial charge >= 0.3 is 0 Å². The zero-order valence-electron chi connectivity index (χ0n) is 15.0. The van der Waals surface area contributed by atoms with E-state index in [4.69, 9.17) is 0 Å². The lowest BCUT2D eigenvalue weighted by Gasteiger charge is -2.13. The Morgan fingerprint density at radius 1 is 1.19 bits per heavy atom. The van der Waals surface area contributed by atoms with Gasteiger partial charge in [0.1, 0.15) is 11.6 Å². The monoisotopic (exact) mass is 352 g/mol. The van der Waals surface area contributed by atoms with Crippen LogP contribution in [0.25, 0.3) is 5.69 Å². The van der Waals surface area contributed by atoms with Gasteiger partial charge < -0.3 is 14.8 Å². The number of halogens is 1. The number of imidazole rings is 1. The lowest BCUT2D eigenvalue weighted by Crippen LogP contribution is -2.23. The second-order valence-corrected chi connectivity index (χ2v) is 6.25. The summed E-state index contributed by atoms with van der Waals surface area (Å²) in [6.45, 7) is 2.07. The molecule has 0 saturated carbocycles. The van der Waals surface area contributed by atoms with E-state index in [0.29, 0.717) is 22.6 Å². The molecule has 3 rings (SSSR count). The minimum Gasteiger partial charge on any atom is -0.378 e. The summed E-state index contributed by atoms with van der Waals surface area (Å²) in [5.74, 6) is 0.171. The topological polar surface area (TPSA) is 50.2 Å². The molecule has 0 spiro atoms. The molecule has 0 bridgehead atoms. The molecular formula is C20H21FN4O. The van der Waals surface area contributed by atoms with Crippen LogP contribution in [-0.2, 0) is 6.54 Å². The van der Waals surface area contributed by atoms with Gasteiger partial charge in [-0.25, -0.2) is 9.37 Å². The molecule has 5 nitrogen and oxygen atoms in total. The molecule has 3 aromatic rings. The van der Waals surface area contributed by atoms with Crippen molar-refractivity contribution in [2.75, 3.05) is 19.0 Å². The van der Waals surface area contributed by atoms with Crippen molar-refractivity contribution < 1.29 is 9.18 Å². The zero-order chi connectivity index (χ0) is 18.7. The van der Waals surface area contributed by atoms with E-state index in [-0.39, 0.29) is 18.3 Å². The number of nitrogens with one attached hydrogen (secondary N) is 1. The van der Waals surface area contributed by atoms with Crippen molar-refractivity contribution in [3.63, 3.8) is 0 Å². The maximum absolute atomic E-state index is 14.4. The number of benzene rings is 2. The third-order valence-electron chi connectivity index (χ3n) is 4.20. The summed E-state index contributed by atoms with van der Waals surface area (Å²) in [7, 11) is 3.89. The lowest BCUT2D eigenvalue weighted by atomic mass is 10.1. The van der Waals surface area contributed by atoms with Crippen molar-refractivity contribution in [2.45, 2.75) is 13.5 Å². The molecule has 0 aliphatic carbocycles. The molecule has 1 aromatic heterocycles. The Morgan fingerprint density at radius 3 is 2.50 bits per heavy atom. The van der Waals surface area contributed by atoms with E-state index < -0.39 is 0 Å². The molecule has 0 aliphatic rings. The van der Waals surface area contributed by atoms with Crippen LogP contribution in [0.15, 0.2) is 54.9 Å². The third kappa shape index (κ3) is 3.74. The van der Waals surface area contributed by atoms with Gasteiger partial charge in [0.15, 0.2) is 0 Å². The summed E-state index contributed by atoms with van der Waals surface area (Å²) >= 11 is 0. The Hall–Kier alpha value is -3.15. The molecule has 26 heavy (non-hydrogen) atoms. The van der Waals surface area contributed by atoms with E-state index in [1.165, 1.54) is 6.07 Å². The van der Waals surface area contributed by atoms with E-state index in [1.54, 1.807) is 41.2 Å². The van der Waals surface area contributed by atoms with Crippen molar-refractivity contribution >= 4 is 11.6 Å². The Kier molecular flexibility index (Phi) is 5.02. The van der Waals surface area contributed by atoms with E-state index in [9.17, 15) is 9.18 Å². The predicted octanol–water partition coefficient (Wildman–Crippen LogP) is 3.32. The first kappa shape index (κ1) is 17.7. The number of nitrogens with zero attached hydrogens (tertiary/aromatic N) is 3. The van der Waals surface area contributed by atoms with Crippen LogP contribution < -0.4 is 10.2 Å². The highest BCUT2D eigenvalue weighted by molar-refractivity contribution is 5.94. The Bertz CT molecular complexity index is 916. The molecule has 0 radical (unpaired) electrons. The molecule has 0 atom stereocenters. The average Bonchev–Trinajstić information content (AvgIpc) is 3.05. The zero-order valence-corrected chi connectivity index (χ0v) is 15.0. The van der Waals surface area contributed by atoms with Crippen LogP contribution in [0, 0.1) is 12.7 Å². The van der Waals surface area contributed by atoms with Crippen LogP contribution in [0.2, 0.25) is 0 Å². The first-order valence-electron chi connectivity index (χ1n) is 8.30. The number of carbonyl (C=O) groups excluding carboxylic acids is 1. The van der Waals surface area contributed by atoms with Crippen LogP contribution in [0.1, 0.15) is 21.7 Å². The predicted molar refractivity (Wildman–Crippen MR) is 100 cm³/mol. The van der Waals surface area contributed by atoms with Crippen LogP contribution in [0.3, 0.4) is 0 Å². The average molecular weight is 352 g/mol. The molecule has 0 fully saturated rings. The van der Waals surface area contributed by atoms with Crippen LogP contribution in [0.4, 0.5) is 10.1 Å². The van der Waals surface area contributed by atoms with Gasteiger partial charge in [-0.1, -0.05) is 6.07 Å². The highest BCUT2D eigenvalue weighted by Gasteiger charge is 2.10. The van der Waals surface area contributed by atoms with Gasteiger partial charge in [-0.3, -0.25) is 4.79 Å². The van der Waals surface area contributed by atoms with Gasteiger partial charge in [0.2, 0.25) is 0 Å². The second kappa shape index (κ2) is 7.39. The van der Waals surface area contributed by atoms with Crippen LogP contribution in [-0.4, -0.2) is 29.6 Å². The largest absolute Gasteiger partial charge is 0.378 e. The van der Waals surface area contributed by atoms with Crippen molar-refractivity contribution in [1.29, 1.82) is 0 Å². The fourth-order valence-electron chi connectivity index (χ4n) is 2.68. The van der Waals surface area contributed by atoms with E-state index >= 15 is 0 Å². The quantitative estimate of drug-likeness (QED) is 0.766. The summed E-state index contributed by atoms with van der Waals surface area (Å²) in [6.07, 6.45) is 3.34. The maximum atomic E-state index is 14.4. The van der Waals surface area contributed by atoms with Gasteiger partial charge in [0, 0.05) is 44.3 Å². The van der Waals surface area contributed by atoms with Crippen molar-refractivity contribution in [2.24, 2.45) is 0 Å². The minimum absolute atomic E-state index is 0.190. The first-order valence-corrected chi connectivity index (χ1v) is 8.30. The number of hydrogen-bond donors (Lipinski definition) is 1. The third-order valence-corrected chi connectivity index (χ3v) is 4.20. The normalized spacial score (nSPS) is 10.6. The highest BCUT2D eigenvalue weighted by Crippen LogP contribution is 2.17. The van der Waals surface area contributed by atoms with Crippen molar-refractivity contribution in [3.05, 3.63) is 77.6 Å². The Morgan fingerprint density at radius 2 is 1.92 bits per heavy atom. The van der Waals surface area contributed by atoms with E-state index in [1.807, 2.05) is 38.1 Å². The van der Waals surface area contributed by atoms with E-state index in [0.717, 1.165) is 5.69 Å². The van der Waals surface area contributed by atoms with Crippen molar-refractivity contribution in [1.82, 2.24) is 14.9 Å². The minimum atomic E-state index is -0.354. The van der Waals surface area contributed by atoms with Gasteiger partial charge in [-0.05, 0) is 48.9 Å². The number of carbonyl (C=O) groups is 1. The number of aromatic nitrogens is 2. The smallest absolute Gasteiger partial charge is 0.251 e. The SMILES string of the molecule is Cc1nccn1-c1ccc(CNC(=O)c2ccc(N(C)C)cc2)cc1F. The molecule has 0 aliphatic heterocycles. The lowest BCUT2D eigenvalue weighted by molar-refractivity contribution is 0.0951. The number of amides is 1. The number of rotatable bonds is 5. The summed E-state index contributed by atoms with van der Waals surface area (Å²) in [6, 6.07) is 12.2. The molecular weight excluding hydrogens is 331 g/mol. The number of anilines is 1. The molecule has 2 aromatic carbocycles.